The number of allylic oxidation sites excluding steroid dienone is 1. The Balaban J connectivity index is 1.92. The number of fused-ring (bicyclic) bond motifs is 1. The lowest BCUT2D eigenvalue weighted by atomic mass is 10.1. The summed E-state index contributed by atoms with van der Waals surface area (Å²) < 4.78 is 2.01. The normalized spacial score (nSPS) is 11.6. The molecule has 3 rings (SSSR count). The molecule has 0 unspecified atom stereocenters. The molecule has 3 aromatic rings. The highest BCUT2D eigenvalue weighted by molar-refractivity contribution is 7.17. The van der Waals surface area contributed by atoms with Gasteiger partial charge in [0.15, 0.2) is 10.7 Å². The van der Waals surface area contributed by atoms with Crippen molar-refractivity contribution in [3.63, 3.8) is 0 Å². The summed E-state index contributed by atoms with van der Waals surface area (Å²) in [5, 5.41) is 0.623. The minimum Gasteiger partial charge on any atom is -0.290 e. The summed E-state index contributed by atoms with van der Waals surface area (Å²) in [5.74, 6) is -0.0482. The van der Waals surface area contributed by atoms with Gasteiger partial charge in [-0.25, -0.2) is 4.98 Å². The van der Waals surface area contributed by atoms with Crippen molar-refractivity contribution in [2.24, 2.45) is 0 Å². The Morgan fingerprint density at radius 3 is 2.71 bits per heavy atom. The topological polar surface area (TPSA) is 34.4 Å². The first-order valence-electron chi connectivity index (χ1n) is 6.47. The number of carbonyl (C=O) groups is 1. The van der Waals surface area contributed by atoms with Crippen molar-refractivity contribution in [2.75, 3.05) is 0 Å². The quantitative estimate of drug-likeness (QED) is 0.524. The van der Waals surface area contributed by atoms with E-state index < -0.39 is 0 Å². The van der Waals surface area contributed by atoms with Gasteiger partial charge in [0.05, 0.1) is 11.4 Å². The van der Waals surface area contributed by atoms with Gasteiger partial charge in [0.25, 0.3) is 0 Å². The molecule has 21 heavy (non-hydrogen) atoms. The fourth-order valence-electron chi connectivity index (χ4n) is 2.15. The fourth-order valence-corrected chi connectivity index (χ4v) is 3.15. The van der Waals surface area contributed by atoms with Crippen LogP contribution in [0, 0.1) is 13.8 Å². The van der Waals surface area contributed by atoms with Crippen LogP contribution in [0.3, 0.4) is 0 Å². The number of halogens is 1. The SMILES string of the molecule is Cc1cn2c(/C=C/C(=O)c3ccc(Cl)cc3)c(C)nc2s1. The average molecular weight is 317 g/mol. The molecule has 0 spiro atoms. The molecule has 0 amide bonds. The monoisotopic (exact) mass is 316 g/mol. The zero-order valence-corrected chi connectivity index (χ0v) is 13.2. The molecule has 0 saturated heterocycles. The third-order valence-electron chi connectivity index (χ3n) is 3.18. The molecule has 2 heterocycles. The predicted octanol–water partition coefficient (Wildman–Crippen LogP) is 4.56. The summed E-state index contributed by atoms with van der Waals surface area (Å²) in [4.78, 5) is 18.8. The minimum atomic E-state index is -0.0482. The van der Waals surface area contributed by atoms with Crippen molar-refractivity contribution in [3.8, 4) is 0 Å². The molecule has 2 aromatic heterocycles. The molecule has 0 N–H and O–H groups in total. The Bertz CT molecular complexity index is 843. The smallest absolute Gasteiger partial charge is 0.194 e. The Hall–Kier alpha value is -1.91. The number of nitrogens with zero attached hydrogens (tertiary/aromatic N) is 2. The molecule has 0 atom stereocenters. The van der Waals surface area contributed by atoms with Crippen LogP contribution in [-0.2, 0) is 0 Å². The molecule has 0 aliphatic heterocycles. The number of rotatable bonds is 3. The van der Waals surface area contributed by atoms with Crippen LogP contribution in [0.4, 0.5) is 0 Å². The number of aromatic nitrogens is 2. The van der Waals surface area contributed by atoms with Gasteiger partial charge in [-0.2, -0.15) is 0 Å². The first-order chi connectivity index (χ1) is 10.0. The lowest BCUT2D eigenvalue weighted by molar-refractivity contribution is 0.104. The van der Waals surface area contributed by atoms with Crippen LogP contribution in [0.1, 0.15) is 26.6 Å². The Morgan fingerprint density at radius 1 is 1.29 bits per heavy atom. The van der Waals surface area contributed by atoms with Gasteiger partial charge in [0.1, 0.15) is 0 Å². The van der Waals surface area contributed by atoms with E-state index in [2.05, 4.69) is 4.98 Å². The van der Waals surface area contributed by atoms with E-state index in [-0.39, 0.29) is 5.78 Å². The summed E-state index contributed by atoms with van der Waals surface area (Å²) in [6.07, 6.45) is 5.43. The number of aryl methyl sites for hydroxylation is 2. The predicted molar refractivity (Wildman–Crippen MR) is 87.4 cm³/mol. The second-order valence-corrected chi connectivity index (χ2v) is 6.43. The Morgan fingerprint density at radius 2 is 2.00 bits per heavy atom. The van der Waals surface area contributed by atoms with Gasteiger partial charge in [0, 0.05) is 21.7 Å². The van der Waals surface area contributed by atoms with Crippen LogP contribution in [0.5, 0.6) is 0 Å². The van der Waals surface area contributed by atoms with Crippen molar-refractivity contribution >= 4 is 39.8 Å². The van der Waals surface area contributed by atoms with Gasteiger partial charge in [-0.1, -0.05) is 11.6 Å². The maximum atomic E-state index is 12.1. The lowest BCUT2D eigenvalue weighted by Gasteiger charge is -1.96. The first-order valence-corrected chi connectivity index (χ1v) is 7.67. The summed E-state index contributed by atoms with van der Waals surface area (Å²) >= 11 is 7.46. The molecular weight excluding hydrogens is 304 g/mol. The number of hydrogen-bond donors (Lipinski definition) is 0. The van der Waals surface area contributed by atoms with Gasteiger partial charge >= 0.3 is 0 Å². The lowest BCUT2D eigenvalue weighted by Crippen LogP contribution is -1.94. The highest BCUT2D eigenvalue weighted by Crippen LogP contribution is 2.21. The number of thiazole rings is 1. The average Bonchev–Trinajstić information content (AvgIpc) is 2.92. The molecule has 0 bridgehead atoms. The molecule has 0 saturated carbocycles. The van der Waals surface area contributed by atoms with E-state index in [0.29, 0.717) is 10.6 Å². The fraction of sp³-hybridized carbons (Fsp3) is 0.125. The molecular formula is C16H13ClN2OS. The second-order valence-electron chi connectivity index (χ2n) is 4.78. The summed E-state index contributed by atoms with van der Waals surface area (Å²) in [7, 11) is 0. The highest BCUT2D eigenvalue weighted by atomic mass is 35.5. The summed E-state index contributed by atoms with van der Waals surface area (Å²) in [6, 6.07) is 6.88. The van der Waals surface area contributed by atoms with E-state index in [0.717, 1.165) is 16.3 Å². The second kappa shape index (κ2) is 5.47. The zero-order valence-electron chi connectivity index (χ0n) is 11.6. The maximum absolute atomic E-state index is 12.1. The van der Waals surface area contributed by atoms with E-state index in [4.69, 9.17) is 11.6 Å². The van der Waals surface area contributed by atoms with E-state index in [9.17, 15) is 4.79 Å². The van der Waals surface area contributed by atoms with Crippen LogP contribution in [0.2, 0.25) is 5.02 Å². The van der Waals surface area contributed by atoms with E-state index in [1.165, 1.54) is 4.88 Å². The maximum Gasteiger partial charge on any atom is 0.194 e. The molecule has 0 fully saturated rings. The molecule has 0 radical (unpaired) electrons. The highest BCUT2D eigenvalue weighted by Gasteiger charge is 2.09. The van der Waals surface area contributed by atoms with Crippen LogP contribution < -0.4 is 0 Å². The van der Waals surface area contributed by atoms with Crippen molar-refractivity contribution in [3.05, 3.63) is 63.4 Å². The molecule has 1 aromatic carbocycles. The van der Waals surface area contributed by atoms with Gasteiger partial charge < -0.3 is 0 Å². The van der Waals surface area contributed by atoms with Crippen molar-refractivity contribution in [2.45, 2.75) is 13.8 Å². The number of hydrogen-bond acceptors (Lipinski definition) is 3. The van der Waals surface area contributed by atoms with Crippen LogP contribution in [0.25, 0.3) is 11.0 Å². The van der Waals surface area contributed by atoms with Crippen LogP contribution in [0.15, 0.2) is 36.5 Å². The summed E-state index contributed by atoms with van der Waals surface area (Å²) in [6.45, 7) is 3.99. The van der Waals surface area contributed by atoms with Crippen molar-refractivity contribution in [1.82, 2.24) is 9.38 Å². The Kier molecular flexibility index (Phi) is 3.66. The van der Waals surface area contributed by atoms with Crippen molar-refractivity contribution in [1.29, 1.82) is 0 Å². The number of imidazole rings is 1. The Labute approximate surface area is 131 Å². The third-order valence-corrected chi connectivity index (χ3v) is 4.33. The zero-order chi connectivity index (χ0) is 15.0. The minimum absolute atomic E-state index is 0.0482. The molecule has 0 aliphatic carbocycles. The number of benzene rings is 1. The van der Waals surface area contributed by atoms with E-state index in [1.54, 1.807) is 41.7 Å². The first kappa shape index (κ1) is 14.0. The van der Waals surface area contributed by atoms with Crippen LogP contribution >= 0.6 is 22.9 Å². The molecule has 106 valence electrons. The van der Waals surface area contributed by atoms with Crippen molar-refractivity contribution < 1.29 is 4.79 Å². The van der Waals surface area contributed by atoms with Crippen LogP contribution in [-0.4, -0.2) is 15.2 Å². The molecule has 5 heteroatoms. The molecule has 3 nitrogen and oxygen atoms in total. The number of carbonyl (C=O) groups excluding carboxylic acids is 1. The van der Waals surface area contributed by atoms with E-state index >= 15 is 0 Å². The van der Waals surface area contributed by atoms with Gasteiger partial charge in [-0.15, -0.1) is 11.3 Å². The van der Waals surface area contributed by atoms with Gasteiger partial charge in [-0.05, 0) is 50.3 Å². The standard InChI is InChI=1S/C16H13ClN2OS/c1-10-9-19-14(11(2)18-16(19)21-10)7-8-15(20)12-3-5-13(17)6-4-12/h3-9H,1-2H3/b8-7+. The number of ketones is 1. The van der Waals surface area contributed by atoms with Gasteiger partial charge in [0.2, 0.25) is 0 Å². The van der Waals surface area contributed by atoms with Gasteiger partial charge in [-0.3, -0.25) is 9.20 Å². The van der Waals surface area contributed by atoms with E-state index in [1.807, 2.05) is 30.5 Å². The molecule has 0 aliphatic rings. The summed E-state index contributed by atoms with van der Waals surface area (Å²) in [5.41, 5.74) is 2.48. The largest absolute Gasteiger partial charge is 0.290 e. The third kappa shape index (κ3) is 2.77.